The lowest BCUT2D eigenvalue weighted by Gasteiger charge is -2.36. The van der Waals surface area contributed by atoms with Gasteiger partial charge in [-0.2, -0.15) is 0 Å². The second-order valence-corrected chi connectivity index (χ2v) is 8.52. The molecule has 0 radical (unpaired) electrons. The second-order valence-electron chi connectivity index (χ2n) is 8.52. The average molecular weight is 463 g/mol. The number of phenolic OH excluding ortho intramolecular Hbond substituents is 1. The van der Waals surface area contributed by atoms with Crippen LogP contribution in [0.25, 0.3) is 0 Å². The first-order valence-electron chi connectivity index (χ1n) is 10.8. The summed E-state index contributed by atoms with van der Waals surface area (Å²) in [5.74, 6) is -3.69. The van der Waals surface area contributed by atoms with Crippen molar-refractivity contribution in [3.05, 3.63) is 88.1 Å². The zero-order valence-electron chi connectivity index (χ0n) is 19.4. The number of urea groups is 1. The third kappa shape index (κ3) is 3.68. The van der Waals surface area contributed by atoms with Crippen molar-refractivity contribution in [2.75, 3.05) is 14.1 Å². The van der Waals surface area contributed by atoms with Crippen molar-refractivity contribution in [2.24, 2.45) is 5.92 Å². The van der Waals surface area contributed by atoms with Crippen LogP contribution in [-0.4, -0.2) is 51.4 Å². The first-order valence-corrected chi connectivity index (χ1v) is 10.8. The molecule has 3 aromatic rings. The number of imide groups is 2. The molecule has 1 saturated heterocycles. The fourth-order valence-electron chi connectivity index (χ4n) is 4.49. The molecule has 0 aliphatic carbocycles. The van der Waals surface area contributed by atoms with Crippen LogP contribution >= 0.6 is 0 Å². The molecule has 1 unspecified atom stereocenters. The standard InChI is InChI=1S/C25H26N4O5/c1-15-16(2)29(34)22(28(15)14-17-9-6-5-7-10-17)20(18-11-8-12-19(30)13-18)21-23(31)26(3)25(33)27(4)24(21)32/h5-13,20-21,30H,14H2,1-4H3. The Morgan fingerprint density at radius 2 is 1.59 bits per heavy atom. The van der Waals surface area contributed by atoms with E-state index in [4.69, 9.17) is 0 Å². The largest absolute Gasteiger partial charge is 0.711 e. The maximum atomic E-state index is 13.5. The highest BCUT2D eigenvalue weighted by Crippen LogP contribution is 2.37. The minimum atomic E-state index is -1.36. The number of carbonyl (C=O) groups excluding carboxylic acids is 3. The van der Waals surface area contributed by atoms with Gasteiger partial charge in [0.15, 0.2) is 0 Å². The summed E-state index contributed by atoms with van der Waals surface area (Å²) < 4.78 is 2.54. The van der Waals surface area contributed by atoms with Crippen LogP contribution in [0.4, 0.5) is 4.79 Å². The number of imidazole rings is 1. The molecule has 0 saturated carbocycles. The zero-order valence-corrected chi connectivity index (χ0v) is 19.4. The number of nitrogens with zero attached hydrogens (tertiary/aromatic N) is 4. The number of barbiturate groups is 1. The summed E-state index contributed by atoms with van der Waals surface area (Å²) in [5.41, 5.74) is 2.47. The predicted octanol–water partition coefficient (Wildman–Crippen LogP) is 2.29. The van der Waals surface area contributed by atoms with Crippen molar-refractivity contribution in [3.8, 4) is 5.75 Å². The van der Waals surface area contributed by atoms with Crippen molar-refractivity contribution >= 4 is 17.8 Å². The number of phenols is 1. The van der Waals surface area contributed by atoms with E-state index in [-0.39, 0.29) is 11.6 Å². The summed E-state index contributed by atoms with van der Waals surface area (Å²) in [6, 6.07) is 14.9. The molecule has 2 heterocycles. The molecule has 4 rings (SSSR count). The lowest BCUT2D eigenvalue weighted by molar-refractivity contribution is -0.621. The van der Waals surface area contributed by atoms with Gasteiger partial charge in [-0.25, -0.2) is 14.1 Å². The molecular formula is C25H26N4O5. The molecule has 1 fully saturated rings. The number of aromatic hydroxyl groups is 1. The van der Waals surface area contributed by atoms with Crippen LogP contribution in [0.15, 0.2) is 54.6 Å². The molecule has 1 N–H and O–H groups in total. The first-order chi connectivity index (χ1) is 16.1. The Morgan fingerprint density at radius 3 is 2.18 bits per heavy atom. The third-order valence-corrected chi connectivity index (χ3v) is 6.51. The number of amides is 4. The maximum absolute atomic E-state index is 13.5. The van der Waals surface area contributed by atoms with Crippen molar-refractivity contribution in [1.29, 1.82) is 0 Å². The zero-order chi connectivity index (χ0) is 24.7. The van der Waals surface area contributed by atoms with Gasteiger partial charge in [-0.3, -0.25) is 19.4 Å². The van der Waals surface area contributed by atoms with E-state index in [9.17, 15) is 24.7 Å². The third-order valence-electron chi connectivity index (χ3n) is 6.51. The van der Waals surface area contributed by atoms with E-state index in [0.29, 0.717) is 23.5 Å². The van der Waals surface area contributed by atoms with E-state index in [1.54, 1.807) is 23.6 Å². The van der Waals surface area contributed by atoms with Gasteiger partial charge in [-0.1, -0.05) is 42.5 Å². The van der Waals surface area contributed by atoms with Crippen LogP contribution in [0.5, 0.6) is 5.75 Å². The highest BCUT2D eigenvalue weighted by atomic mass is 16.5. The Hall–Kier alpha value is -4.14. The number of hydrogen-bond donors (Lipinski definition) is 1. The fraction of sp³-hybridized carbons (Fsp3) is 0.280. The fourth-order valence-corrected chi connectivity index (χ4v) is 4.49. The lowest BCUT2D eigenvalue weighted by atomic mass is 9.82. The Bertz CT molecular complexity index is 1260. The van der Waals surface area contributed by atoms with E-state index in [1.807, 2.05) is 37.3 Å². The molecule has 2 aromatic carbocycles. The topological polar surface area (TPSA) is 110 Å². The Kier molecular flexibility index (Phi) is 5.87. The SMILES string of the molecule is Cc1c(C)[n+]([O-])c(C(c2cccc(O)c2)C2C(=O)N(C)C(=O)N(C)C2=O)n1Cc1ccccc1. The molecule has 0 spiro atoms. The molecule has 1 atom stereocenters. The summed E-state index contributed by atoms with van der Waals surface area (Å²) in [5, 5.41) is 23.7. The molecule has 34 heavy (non-hydrogen) atoms. The molecule has 1 aliphatic heterocycles. The van der Waals surface area contributed by atoms with Gasteiger partial charge >= 0.3 is 6.03 Å². The van der Waals surface area contributed by atoms with E-state index < -0.39 is 29.7 Å². The van der Waals surface area contributed by atoms with Gasteiger partial charge in [0.05, 0.1) is 0 Å². The molecular weight excluding hydrogens is 436 g/mol. The summed E-state index contributed by atoms with van der Waals surface area (Å²) in [6.07, 6.45) is 0. The van der Waals surface area contributed by atoms with Crippen molar-refractivity contribution in [1.82, 2.24) is 14.4 Å². The van der Waals surface area contributed by atoms with Crippen LogP contribution in [0.1, 0.15) is 34.3 Å². The summed E-state index contributed by atoms with van der Waals surface area (Å²) >= 11 is 0. The highest BCUT2D eigenvalue weighted by Gasteiger charge is 2.51. The van der Waals surface area contributed by atoms with Crippen molar-refractivity contribution in [2.45, 2.75) is 26.3 Å². The minimum Gasteiger partial charge on any atom is -0.711 e. The van der Waals surface area contributed by atoms with Crippen LogP contribution in [0.2, 0.25) is 0 Å². The molecule has 0 bridgehead atoms. The van der Waals surface area contributed by atoms with Crippen LogP contribution in [0, 0.1) is 25.0 Å². The van der Waals surface area contributed by atoms with Gasteiger partial charge < -0.3 is 10.3 Å². The van der Waals surface area contributed by atoms with Gasteiger partial charge in [0.2, 0.25) is 11.8 Å². The van der Waals surface area contributed by atoms with Gasteiger partial charge in [-0.15, -0.1) is 0 Å². The molecule has 9 nitrogen and oxygen atoms in total. The number of carbonyl (C=O) groups is 3. The quantitative estimate of drug-likeness (QED) is 0.355. The molecule has 1 aromatic heterocycles. The van der Waals surface area contributed by atoms with E-state index in [1.165, 1.54) is 26.2 Å². The first kappa shape index (κ1) is 23.0. The predicted molar refractivity (Wildman–Crippen MR) is 123 cm³/mol. The number of rotatable bonds is 5. The maximum Gasteiger partial charge on any atom is 0.332 e. The molecule has 1 aliphatic rings. The Balaban J connectivity index is 1.98. The number of benzene rings is 2. The number of aromatic nitrogens is 2. The summed E-state index contributed by atoms with van der Waals surface area (Å²) in [4.78, 5) is 40.8. The van der Waals surface area contributed by atoms with Crippen molar-refractivity contribution in [3.63, 3.8) is 0 Å². The normalized spacial score (nSPS) is 15.8. The monoisotopic (exact) mass is 462 g/mol. The van der Waals surface area contributed by atoms with Crippen LogP contribution in [-0.2, 0) is 16.1 Å². The van der Waals surface area contributed by atoms with E-state index in [0.717, 1.165) is 20.1 Å². The molecule has 9 heteroatoms. The number of hydrogen-bond acceptors (Lipinski definition) is 5. The van der Waals surface area contributed by atoms with E-state index >= 15 is 0 Å². The Labute approximate surface area is 197 Å². The highest BCUT2D eigenvalue weighted by molar-refractivity contribution is 6.16. The lowest BCUT2D eigenvalue weighted by Crippen LogP contribution is -2.59. The smallest absolute Gasteiger partial charge is 0.332 e. The van der Waals surface area contributed by atoms with Crippen molar-refractivity contribution < 1.29 is 24.2 Å². The van der Waals surface area contributed by atoms with Gasteiger partial charge in [-0.05, 0) is 23.3 Å². The molecule has 176 valence electrons. The molecule has 4 amide bonds. The van der Waals surface area contributed by atoms with Gasteiger partial charge in [0.1, 0.15) is 35.5 Å². The van der Waals surface area contributed by atoms with Crippen LogP contribution in [0.3, 0.4) is 0 Å². The Morgan fingerprint density at radius 1 is 0.971 bits per heavy atom. The van der Waals surface area contributed by atoms with E-state index in [2.05, 4.69) is 0 Å². The van der Waals surface area contributed by atoms with Gasteiger partial charge in [0, 0.05) is 27.9 Å². The summed E-state index contributed by atoms with van der Waals surface area (Å²) in [6.45, 7) is 3.83. The van der Waals surface area contributed by atoms with Crippen LogP contribution < -0.4 is 4.73 Å². The second kappa shape index (κ2) is 8.66. The van der Waals surface area contributed by atoms with Gasteiger partial charge in [0.25, 0.3) is 5.82 Å². The average Bonchev–Trinajstić information content (AvgIpc) is 3.03. The summed E-state index contributed by atoms with van der Waals surface area (Å²) in [7, 11) is 2.62. The minimum absolute atomic E-state index is 0.0666.